The van der Waals surface area contributed by atoms with Gasteiger partial charge in [0.05, 0.1) is 17.9 Å². The number of fused-ring (bicyclic) bond motifs is 1. The zero-order chi connectivity index (χ0) is 23.6. The number of amides is 2. The van der Waals surface area contributed by atoms with Gasteiger partial charge < -0.3 is 15.0 Å². The molecule has 1 atom stereocenters. The number of hydrogen-bond donors (Lipinski definition) is 1. The maximum absolute atomic E-state index is 13.4. The molecule has 1 unspecified atom stereocenters. The van der Waals surface area contributed by atoms with Crippen molar-refractivity contribution in [1.29, 1.82) is 0 Å². The van der Waals surface area contributed by atoms with E-state index in [0.717, 1.165) is 32.1 Å². The quantitative estimate of drug-likeness (QED) is 0.721. The predicted octanol–water partition coefficient (Wildman–Crippen LogP) is 3.39. The van der Waals surface area contributed by atoms with Gasteiger partial charge in [0.2, 0.25) is 15.9 Å². The van der Waals surface area contributed by atoms with Crippen LogP contribution in [0.15, 0.2) is 53.4 Å². The van der Waals surface area contributed by atoms with Crippen LogP contribution in [0.4, 0.5) is 11.4 Å². The first-order valence-corrected chi connectivity index (χ1v) is 12.6. The third-order valence-corrected chi connectivity index (χ3v) is 8.31. The molecule has 1 heterocycles. The van der Waals surface area contributed by atoms with E-state index in [0.29, 0.717) is 11.4 Å². The van der Waals surface area contributed by atoms with Crippen LogP contribution in [0.1, 0.15) is 39.0 Å². The first kappa shape index (κ1) is 23.3. The molecule has 9 heteroatoms. The zero-order valence-electron chi connectivity index (χ0n) is 18.9. The summed E-state index contributed by atoms with van der Waals surface area (Å²) in [6.07, 6.45) is 3.84. The van der Waals surface area contributed by atoms with Gasteiger partial charge in [-0.25, -0.2) is 8.42 Å². The van der Waals surface area contributed by atoms with Crippen molar-refractivity contribution in [1.82, 2.24) is 4.31 Å². The number of rotatable bonds is 5. The van der Waals surface area contributed by atoms with E-state index in [4.69, 9.17) is 4.74 Å². The fraction of sp³-hybridized carbons (Fsp3) is 0.417. The van der Waals surface area contributed by atoms with Crippen LogP contribution in [0.25, 0.3) is 0 Å². The van der Waals surface area contributed by atoms with Crippen LogP contribution in [-0.2, 0) is 19.6 Å². The van der Waals surface area contributed by atoms with Crippen molar-refractivity contribution in [3.63, 3.8) is 0 Å². The van der Waals surface area contributed by atoms with E-state index in [1.807, 2.05) is 0 Å². The van der Waals surface area contributed by atoms with Gasteiger partial charge in [-0.2, -0.15) is 4.31 Å². The van der Waals surface area contributed by atoms with Crippen molar-refractivity contribution in [2.24, 2.45) is 0 Å². The van der Waals surface area contributed by atoms with E-state index < -0.39 is 22.0 Å². The summed E-state index contributed by atoms with van der Waals surface area (Å²) in [5.41, 5.74) is 0.799. The number of nitrogens with one attached hydrogen (secondary N) is 1. The molecule has 0 radical (unpaired) electrons. The third-order valence-electron chi connectivity index (χ3n) is 6.34. The van der Waals surface area contributed by atoms with Crippen molar-refractivity contribution >= 4 is 33.2 Å². The standard InChI is InChI=1S/C24H29N3O5S/c1-17(28)27-16-22(32-21-14-8-7-13-20(21)27)24(29)25-19-12-6-9-15-23(19)33(30,31)26(2)18-10-4-3-5-11-18/h6-9,12-15,18,22H,3-5,10-11,16H2,1-2H3,(H,25,29). The van der Waals surface area contributed by atoms with E-state index >= 15 is 0 Å². The van der Waals surface area contributed by atoms with Crippen molar-refractivity contribution in [2.45, 2.75) is 56.1 Å². The summed E-state index contributed by atoms with van der Waals surface area (Å²) >= 11 is 0. The molecule has 8 nitrogen and oxygen atoms in total. The zero-order valence-corrected chi connectivity index (χ0v) is 19.7. The van der Waals surface area contributed by atoms with Gasteiger partial charge in [0, 0.05) is 20.0 Å². The number of para-hydroxylation sites is 3. The summed E-state index contributed by atoms with van der Waals surface area (Å²) < 4.78 is 34.1. The largest absolute Gasteiger partial charge is 0.476 e. The lowest BCUT2D eigenvalue weighted by Gasteiger charge is -2.34. The number of anilines is 2. The van der Waals surface area contributed by atoms with Gasteiger partial charge in [-0.05, 0) is 37.1 Å². The Morgan fingerprint density at radius 1 is 1.03 bits per heavy atom. The average molecular weight is 472 g/mol. The smallest absolute Gasteiger partial charge is 0.267 e. The lowest BCUT2D eigenvalue weighted by atomic mass is 9.96. The predicted molar refractivity (Wildman–Crippen MR) is 126 cm³/mol. The van der Waals surface area contributed by atoms with Gasteiger partial charge in [-0.15, -0.1) is 0 Å². The SMILES string of the molecule is CC(=O)N1CC(C(=O)Nc2ccccc2S(=O)(=O)N(C)C2CCCCC2)Oc2ccccc21. The molecule has 1 saturated carbocycles. The van der Waals surface area contributed by atoms with Crippen molar-refractivity contribution in [3.8, 4) is 5.75 Å². The van der Waals surface area contributed by atoms with Gasteiger partial charge in [0.15, 0.2) is 6.10 Å². The Labute approximate surface area is 194 Å². The Kier molecular flexibility index (Phi) is 6.71. The summed E-state index contributed by atoms with van der Waals surface area (Å²) in [6, 6.07) is 13.4. The minimum atomic E-state index is -3.81. The monoisotopic (exact) mass is 471 g/mol. The molecule has 2 aromatic carbocycles. The lowest BCUT2D eigenvalue weighted by Crippen LogP contribution is -2.48. The molecule has 1 N–H and O–H groups in total. The van der Waals surface area contributed by atoms with Crippen molar-refractivity contribution in [3.05, 3.63) is 48.5 Å². The number of hydrogen-bond acceptors (Lipinski definition) is 5. The molecule has 1 fully saturated rings. The molecule has 4 rings (SSSR count). The second-order valence-electron chi connectivity index (χ2n) is 8.50. The van der Waals surface area contributed by atoms with E-state index in [1.165, 1.54) is 22.2 Å². The molecule has 1 aliphatic heterocycles. The molecule has 33 heavy (non-hydrogen) atoms. The molecule has 0 aromatic heterocycles. The summed E-state index contributed by atoms with van der Waals surface area (Å²) in [7, 11) is -2.20. The maximum atomic E-state index is 13.4. The van der Waals surface area contributed by atoms with Crippen LogP contribution >= 0.6 is 0 Å². The van der Waals surface area contributed by atoms with E-state index in [9.17, 15) is 18.0 Å². The van der Waals surface area contributed by atoms with Crippen LogP contribution in [0, 0.1) is 0 Å². The Hall–Kier alpha value is -2.91. The first-order valence-electron chi connectivity index (χ1n) is 11.2. The van der Waals surface area contributed by atoms with Crippen LogP contribution in [0.5, 0.6) is 5.75 Å². The number of ether oxygens (including phenoxy) is 1. The van der Waals surface area contributed by atoms with E-state index in [2.05, 4.69) is 5.32 Å². The number of carbonyl (C=O) groups excluding carboxylic acids is 2. The molecule has 1 aliphatic carbocycles. The van der Waals surface area contributed by atoms with Crippen LogP contribution in [-0.4, -0.2) is 50.3 Å². The van der Waals surface area contributed by atoms with Crippen molar-refractivity contribution in [2.75, 3.05) is 23.8 Å². The molecule has 2 amide bonds. The summed E-state index contributed by atoms with van der Waals surface area (Å²) in [4.78, 5) is 26.8. The van der Waals surface area contributed by atoms with Gasteiger partial charge >= 0.3 is 0 Å². The molecule has 2 aliphatic rings. The number of carbonyl (C=O) groups is 2. The lowest BCUT2D eigenvalue weighted by molar-refractivity contribution is -0.123. The Morgan fingerprint density at radius 2 is 1.70 bits per heavy atom. The summed E-state index contributed by atoms with van der Waals surface area (Å²) in [5.74, 6) is -0.295. The first-order chi connectivity index (χ1) is 15.8. The Bertz CT molecular complexity index is 1140. The fourth-order valence-electron chi connectivity index (χ4n) is 4.47. The highest BCUT2D eigenvalue weighted by Crippen LogP contribution is 2.34. The van der Waals surface area contributed by atoms with Gasteiger partial charge in [-0.3, -0.25) is 9.59 Å². The minimum absolute atomic E-state index is 0.0368. The van der Waals surface area contributed by atoms with Crippen molar-refractivity contribution < 1.29 is 22.7 Å². The molecule has 0 spiro atoms. The number of benzene rings is 2. The molecule has 0 saturated heterocycles. The average Bonchev–Trinajstić information content (AvgIpc) is 2.83. The topological polar surface area (TPSA) is 96.0 Å². The normalized spacial score (nSPS) is 19.0. The second-order valence-corrected chi connectivity index (χ2v) is 10.5. The Morgan fingerprint density at radius 3 is 2.42 bits per heavy atom. The fourth-order valence-corrected chi connectivity index (χ4v) is 6.03. The maximum Gasteiger partial charge on any atom is 0.267 e. The summed E-state index contributed by atoms with van der Waals surface area (Å²) in [6.45, 7) is 1.47. The Balaban J connectivity index is 1.57. The molecule has 176 valence electrons. The highest BCUT2D eigenvalue weighted by Gasteiger charge is 2.35. The van der Waals surface area contributed by atoms with Crippen LogP contribution in [0.2, 0.25) is 0 Å². The number of sulfonamides is 1. The minimum Gasteiger partial charge on any atom is -0.476 e. The van der Waals surface area contributed by atoms with Crippen LogP contribution in [0.3, 0.4) is 0 Å². The van der Waals surface area contributed by atoms with Gasteiger partial charge in [-0.1, -0.05) is 43.5 Å². The van der Waals surface area contributed by atoms with Gasteiger partial charge in [0.25, 0.3) is 5.91 Å². The molecule has 0 bridgehead atoms. The molecular formula is C24H29N3O5S. The second kappa shape index (κ2) is 9.52. The highest BCUT2D eigenvalue weighted by atomic mass is 32.2. The van der Waals surface area contributed by atoms with Gasteiger partial charge in [0.1, 0.15) is 10.6 Å². The van der Waals surface area contributed by atoms with E-state index in [1.54, 1.807) is 49.5 Å². The summed E-state index contributed by atoms with van der Waals surface area (Å²) in [5, 5.41) is 2.73. The van der Waals surface area contributed by atoms with Crippen LogP contribution < -0.4 is 15.0 Å². The highest BCUT2D eigenvalue weighted by molar-refractivity contribution is 7.89. The number of nitrogens with zero attached hydrogens (tertiary/aromatic N) is 2. The third kappa shape index (κ3) is 4.74. The molecular weight excluding hydrogens is 442 g/mol. The van der Waals surface area contributed by atoms with E-state index in [-0.39, 0.29) is 29.1 Å². The molecule has 2 aromatic rings.